The molecular formula is C26H36N4O3S. The van der Waals surface area contributed by atoms with Gasteiger partial charge >= 0.3 is 0 Å². The molecule has 2 aliphatic rings. The van der Waals surface area contributed by atoms with Gasteiger partial charge in [0.1, 0.15) is 0 Å². The van der Waals surface area contributed by atoms with Crippen LogP contribution in [0.15, 0.2) is 53.4 Å². The van der Waals surface area contributed by atoms with Gasteiger partial charge < -0.3 is 19.5 Å². The lowest BCUT2D eigenvalue weighted by molar-refractivity contribution is -0.123. The number of likely N-dealkylation sites (N-methyl/N-ethyl adjacent to an activating group) is 1. The molecule has 0 aromatic heterocycles. The van der Waals surface area contributed by atoms with E-state index in [-0.39, 0.29) is 12.5 Å². The highest BCUT2D eigenvalue weighted by Crippen LogP contribution is 2.29. The zero-order chi connectivity index (χ0) is 23.9. The molecule has 0 bridgehead atoms. The predicted molar refractivity (Wildman–Crippen MR) is 135 cm³/mol. The van der Waals surface area contributed by atoms with Gasteiger partial charge in [-0.15, -0.1) is 4.31 Å². The van der Waals surface area contributed by atoms with Gasteiger partial charge in [0.2, 0.25) is 4.90 Å². The smallest absolute Gasteiger partial charge is 0.257 e. The summed E-state index contributed by atoms with van der Waals surface area (Å²) in [4.78, 5) is 17.6. The fourth-order valence-electron chi connectivity index (χ4n) is 4.61. The molecule has 1 amide bonds. The van der Waals surface area contributed by atoms with Crippen LogP contribution in [0.4, 0.5) is 0 Å². The second kappa shape index (κ2) is 12.0. The topological polar surface area (TPSA) is 71.1 Å². The molecule has 2 heterocycles. The first-order chi connectivity index (χ1) is 16.5. The second-order valence-electron chi connectivity index (χ2n) is 9.28. The van der Waals surface area contributed by atoms with Crippen LogP contribution < -0.4 is 10.1 Å². The number of carbonyl (C=O) groups is 1. The summed E-state index contributed by atoms with van der Waals surface area (Å²) in [6, 6.07) is 16.3. The lowest BCUT2D eigenvalue weighted by atomic mass is 10.00. The van der Waals surface area contributed by atoms with Crippen LogP contribution >= 0.6 is 0 Å². The molecule has 2 unspecified atom stereocenters. The molecule has 1 N–H and O–H groups in total. The number of nitrogens with one attached hydrogen (secondary N) is 1. The van der Waals surface area contributed by atoms with E-state index in [1.807, 2.05) is 22.5 Å². The molecule has 1 fully saturated rings. The maximum absolute atomic E-state index is 13.2. The third kappa shape index (κ3) is 6.52. The average Bonchev–Trinajstić information content (AvgIpc) is 3.36. The molecule has 2 aromatic rings. The minimum absolute atomic E-state index is 0.0778. The summed E-state index contributed by atoms with van der Waals surface area (Å²) < 4.78 is 20.9. The van der Waals surface area contributed by atoms with Crippen molar-refractivity contribution in [2.24, 2.45) is 0 Å². The van der Waals surface area contributed by atoms with E-state index in [1.165, 1.54) is 11.1 Å². The standard InChI is InChI=1S/C26H36N4O3S/c1-28(2)23-13-17-30(19-23)34(32)25-11-6-5-10-24(25)33-20-26(31)27-14-7-15-29-16-12-21-8-3-4-9-22(21)18-29/h3-6,8-11,23H,7,12-20H2,1-2H3,(H,27,31). The van der Waals surface area contributed by atoms with Crippen LogP contribution in [0.25, 0.3) is 0 Å². The first-order valence-electron chi connectivity index (χ1n) is 12.1. The number of ether oxygens (including phenoxy) is 1. The average molecular weight is 485 g/mol. The van der Waals surface area contributed by atoms with E-state index < -0.39 is 11.4 Å². The number of carbonyl (C=O) groups excluding carboxylic acids is 1. The molecule has 34 heavy (non-hydrogen) atoms. The van der Waals surface area contributed by atoms with E-state index in [0.29, 0.717) is 23.2 Å². The largest absolute Gasteiger partial charge is 0.593 e. The molecular weight excluding hydrogens is 448 g/mol. The van der Waals surface area contributed by atoms with Crippen molar-refractivity contribution in [3.8, 4) is 5.75 Å². The van der Waals surface area contributed by atoms with E-state index in [2.05, 4.69) is 53.5 Å². The minimum atomic E-state index is -1.30. The van der Waals surface area contributed by atoms with E-state index >= 15 is 0 Å². The van der Waals surface area contributed by atoms with Crippen molar-refractivity contribution < 1.29 is 14.1 Å². The molecule has 0 spiro atoms. The number of amides is 1. The Balaban J connectivity index is 1.19. The van der Waals surface area contributed by atoms with Crippen molar-refractivity contribution in [2.75, 3.05) is 53.4 Å². The molecule has 8 heteroatoms. The van der Waals surface area contributed by atoms with Crippen molar-refractivity contribution in [1.82, 2.24) is 19.4 Å². The SMILES string of the molecule is CN(C)C1CCN([S+]([O-])c2ccccc2OCC(=O)NCCCN2CCc3ccccc3C2)C1. The molecule has 0 saturated carbocycles. The molecule has 0 aliphatic carbocycles. The van der Waals surface area contributed by atoms with Crippen LogP contribution in [0.1, 0.15) is 24.0 Å². The lowest BCUT2D eigenvalue weighted by Crippen LogP contribution is -2.35. The first-order valence-corrected chi connectivity index (χ1v) is 13.2. The Labute approximate surface area is 206 Å². The summed E-state index contributed by atoms with van der Waals surface area (Å²) in [6.45, 7) is 5.09. The highest BCUT2D eigenvalue weighted by molar-refractivity contribution is 7.89. The highest BCUT2D eigenvalue weighted by atomic mass is 32.2. The molecule has 2 aliphatic heterocycles. The van der Waals surface area contributed by atoms with Crippen molar-refractivity contribution in [1.29, 1.82) is 0 Å². The summed E-state index contributed by atoms with van der Waals surface area (Å²) in [7, 11) is 4.11. The highest BCUT2D eigenvalue weighted by Gasteiger charge is 2.34. The second-order valence-corrected chi connectivity index (χ2v) is 10.7. The van der Waals surface area contributed by atoms with Gasteiger partial charge in [-0.2, -0.15) is 0 Å². The third-order valence-corrected chi connectivity index (χ3v) is 8.18. The number of rotatable bonds is 10. The van der Waals surface area contributed by atoms with Gasteiger partial charge in [-0.3, -0.25) is 9.69 Å². The molecule has 7 nitrogen and oxygen atoms in total. The Morgan fingerprint density at radius 2 is 1.91 bits per heavy atom. The monoisotopic (exact) mass is 484 g/mol. The summed E-state index contributed by atoms with van der Waals surface area (Å²) >= 11 is -1.30. The number of para-hydroxylation sites is 1. The molecule has 184 valence electrons. The quantitative estimate of drug-likeness (QED) is 0.412. The van der Waals surface area contributed by atoms with E-state index in [1.54, 1.807) is 6.07 Å². The Kier molecular flexibility index (Phi) is 8.86. The number of benzene rings is 2. The maximum Gasteiger partial charge on any atom is 0.257 e. The Morgan fingerprint density at radius 1 is 1.15 bits per heavy atom. The van der Waals surface area contributed by atoms with Crippen LogP contribution in [0, 0.1) is 0 Å². The van der Waals surface area contributed by atoms with Crippen LogP contribution in [-0.4, -0.2) is 84.0 Å². The normalized spacial score (nSPS) is 19.7. The van der Waals surface area contributed by atoms with Crippen LogP contribution in [-0.2, 0) is 29.1 Å². The van der Waals surface area contributed by atoms with Crippen molar-refractivity contribution in [3.05, 3.63) is 59.7 Å². The molecule has 2 atom stereocenters. The van der Waals surface area contributed by atoms with Crippen molar-refractivity contribution in [2.45, 2.75) is 36.7 Å². The fraction of sp³-hybridized carbons (Fsp3) is 0.500. The Morgan fingerprint density at radius 3 is 2.71 bits per heavy atom. The van der Waals surface area contributed by atoms with Gasteiger partial charge in [0.15, 0.2) is 12.4 Å². The van der Waals surface area contributed by atoms with Gasteiger partial charge in [-0.05, 0) is 56.6 Å². The Hall–Kier alpha value is -2.10. The van der Waals surface area contributed by atoms with Crippen molar-refractivity contribution >= 4 is 17.3 Å². The third-order valence-electron chi connectivity index (χ3n) is 6.67. The number of fused-ring (bicyclic) bond motifs is 1. The van der Waals surface area contributed by atoms with E-state index in [4.69, 9.17) is 4.74 Å². The van der Waals surface area contributed by atoms with Gasteiger partial charge in [0.05, 0.1) is 17.9 Å². The fourth-order valence-corrected chi connectivity index (χ4v) is 5.96. The predicted octanol–water partition coefficient (Wildman–Crippen LogP) is 2.29. The Bertz CT molecular complexity index is 957. The van der Waals surface area contributed by atoms with Gasteiger partial charge in [0, 0.05) is 38.8 Å². The van der Waals surface area contributed by atoms with E-state index in [9.17, 15) is 9.35 Å². The number of hydrogen-bond donors (Lipinski definition) is 1. The summed E-state index contributed by atoms with van der Waals surface area (Å²) in [6.07, 6.45) is 2.98. The van der Waals surface area contributed by atoms with Crippen LogP contribution in [0.5, 0.6) is 5.75 Å². The van der Waals surface area contributed by atoms with Crippen LogP contribution in [0.2, 0.25) is 0 Å². The first kappa shape index (κ1) is 25.0. The zero-order valence-electron chi connectivity index (χ0n) is 20.2. The summed E-state index contributed by atoms with van der Waals surface area (Å²) in [5, 5.41) is 2.95. The van der Waals surface area contributed by atoms with E-state index in [0.717, 1.165) is 52.0 Å². The maximum atomic E-state index is 13.2. The number of nitrogens with zero attached hydrogens (tertiary/aromatic N) is 3. The molecule has 4 rings (SSSR count). The zero-order valence-corrected chi connectivity index (χ0v) is 21.1. The molecule has 2 aromatic carbocycles. The molecule has 0 radical (unpaired) electrons. The lowest BCUT2D eigenvalue weighted by Gasteiger charge is -2.28. The van der Waals surface area contributed by atoms with Gasteiger partial charge in [-0.1, -0.05) is 36.4 Å². The van der Waals surface area contributed by atoms with Gasteiger partial charge in [0.25, 0.3) is 5.91 Å². The summed E-state index contributed by atoms with van der Waals surface area (Å²) in [5.74, 6) is 0.356. The molecule has 1 saturated heterocycles. The van der Waals surface area contributed by atoms with Crippen molar-refractivity contribution in [3.63, 3.8) is 0 Å². The van der Waals surface area contributed by atoms with Crippen LogP contribution in [0.3, 0.4) is 0 Å². The summed E-state index contributed by atoms with van der Waals surface area (Å²) in [5.41, 5.74) is 2.86. The minimum Gasteiger partial charge on any atom is -0.593 e. The number of hydrogen-bond acceptors (Lipinski definition) is 6. The van der Waals surface area contributed by atoms with Gasteiger partial charge in [-0.25, -0.2) is 0 Å².